The van der Waals surface area contributed by atoms with Gasteiger partial charge in [0.1, 0.15) is 6.04 Å². The van der Waals surface area contributed by atoms with Crippen molar-refractivity contribution in [1.29, 1.82) is 0 Å². The zero-order valence-electron chi connectivity index (χ0n) is 14.6. The Balaban J connectivity index is 1.86. The molecule has 3 rings (SSSR count). The number of nitro groups is 2. The molecule has 1 aromatic carbocycles. The van der Waals surface area contributed by atoms with Crippen LogP contribution >= 0.6 is 0 Å². The number of hydrogen-bond donors (Lipinski definition) is 1. The molecular weight excluding hydrogens is 358 g/mol. The predicted octanol–water partition coefficient (Wildman–Crippen LogP) is 2.89. The average molecular weight is 375 g/mol. The second-order valence-electron chi connectivity index (χ2n) is 6.71. The molecule has 1 atom stereocenters. The second kappa shape index (κ2) is 7.09. The molecule has 27 heavy (non-hydrogen) atoms. The standard InChI is InChI=1S/C16H17N5O6/c1-8(2)13(16-18-14(19-27-16)9-3-4-9)17-15(22)10-5-11(20(23)24)7-12(6-10)21(25)26/h5-9,13H,3-4H2,1-2H3,(H,17,22). The minimum atomic E-state index is -0.788. The number of nitrogens with one attached hydrogen (secondary N) is 1. The molecule has 0 saturated heterocycles. The van der Waals surface area contributed by atoms with Gasteiger partial charge in [-0.1, -0.05) is 19.0 Å². The normalized spacial score (nSPS) is 14.8. The molecule has 1 N–H and O–H groups in total. The van der Waals surface area contributed by atoms with E-state index in [1.165, 1.54) is 0 Å². The van der Waals surface area contributed by atoms with Gasteiger partial charge in [-0.3, -0.25) is 25.0 Å². The third-order valence-corrected chi connectivity index (χ3v) is 4.21. The molecule has 1 unspecified atom stereocenters. The highest BCUT2D eigenvalue weighted by Crippen LogP contribution is 2.38. The monoisotopic (exact) mass is 375 g/mol. The Hall–Kier alpha value is -3.37. The Kier molecular flexibility index (Phi) is 4.84. The smallest absolute Gasteiger partial charge is 0.277 e. The largest absolute Gasteiger partial charge is 0.340 e. The van der Waals surface area contributed by atoms with E-state index in [9.17, 15) is 25.0 Å². The quantitative estimate of drug-likeness (QED) is 0.572. The van der Waals surface area contributed by atoms with E-state index in [1.54, 1.807) is 0 Å². The Morgan fingerprint density at radius 1 is 1.19 bits per heavy atom. The van der Waals surface area contributed by atoms with Gasteiger partial charge in [0, 0.05) is 18.1 Å². The van der Waals surface area contributed by atoms with Crippen molar-refractivity contribution >= 4 is 17.3 Å². The summed E-state index contributed by atoms with van der Waals surface area (Å²) < 4.78 is 5.26. The summed E-state index contributed by atoms with van der Waals surface area (Å²) in [6.07, 6.45) is 1.99. The maximum absolute atomic E-state index is 12.6. The third-order valence-electron chi connectivity index (χ3n) is 4.21. The molecule has 1 heterocycles. The molecule has 0 aliphatic heterocycles. The SMILES string of the molecule is CC(C)C(NC(=O)c1cc([N+](=O)[O-])cc([N+](=O)[O-])c1)c1nc(C2CC2)no1. The molecule has 1 amide bonds. The number of amides is 1. The molecule has 1 saturated carbocycles. The Labute approximate surface area is 153 Å². The summed E-state index contributed by atoms with van der Waals surface area (Å²) in [5.74, 6) is 0.295. The van der Waals surface area contributed by atoms with Crippen LogP contribution < -0.4 is 5.32 Å². The van der Waals surface area contributed by atoms with Crippen LogP contribution in [0.3, 0.4) is 0 Å². The Bertz CT molecular complexity index is 872. The number of non-ortho nitro benzene ring substituents is 2. The molecule has 1 fully saturated rings. The molecule has 0 bridgehead atoms. The fourth-order valence-electron chi connectivity index (χ4n) is 2.56. The molecule has 0 spiro atoms. The number of rotatable bonds is 7. The summed E-state index contributed by atoms with van der Waals surface area (Å²) >= 11 is 0. The van der Waals surface area contributed by atoms with Crippen molar-refractivity contribution < 1.29 is 19.2 Å². The molecule has 1 aliphatic rings. The van der Waals surface area contributed by atoms with Gasteiger partial charge in [-0.2, -0.15) is 4.98 Å². The third kappa shape index (κ3) is 4.07. The van der Waals surface area contributed by atoms with Crippen molar-refractivity contribution in [3.63, 3.8) is 0 Å². The summed E-state index contributed by atoms with van der Waals surface area (Å²) in [5.41, 5.74) is -1.27. The van der Waals surface area contributed by atoms with Gasteiger partial charge in [0.25, 0.3) is 17.3 Å². The molecule has 1 aromatic heterocycles. The maximum atomic E-state index is 12.6. The fraction of sp³-hybridized carbons (Fsp3) is 0.438. The van der Waals surface area contributed by atoms with Crippen LogP contribution in [0.1, 0.15) is 60.7 Å². The first-order valence-electron chi connectivity index (χ1n) is 8.34. The van der Waals surface area contributed by atoms with Crippen LogP contribution in [-0.4, -0.2) is 25.9 Å². The van der Waals surface area contributed by atoms with Gasteiger partial charge >= 0.3 is 0 Å². The maximum Gasteiger partial charge on any atom is 0.277 e. The van der Waals surface area contributed by atoms with Gasteiger partial charge in [0.05, 0.1) is 21.5 Å². The number of aromatic nitrogens is 2. The van der Waals surface area contributed by atoms with E-state index in [-0.39, 0.29) is 23.3 Å². The van der Waals surface area contributed by atoms with Gasteiger partial charge in [-0.15, -0.1) is 0 Å². The van der Waals surface area contributed by atoms with E-state index in [0.717, 1.165) is 31.0 Å². The van der Waals surface area contributed by atoms with E-state index >= 15 is 0 Å². The number of carbonyl (C=O) groups excluding carboxylic acids is 1. The van der Waals surface area contributed by atoms with Crippen molar-refractivity contribution in [2.45, 2.75) is 38.6 Å². The summed E-state index contributed by atoms with van der Waals surface area (Å²) in [6, 6.07) is 2.15. The highest BCUT2D eigenvalue weighted by atomic mass is 16.6. The van der Waals surface area contributed by atoms with Crippen molar-refractivity contribution in [3.8, 4) is 0 Å². The fourth-order valence-corrected chi connectivity index (χ4v) is 2.56. The minimum absolute atomic E-state index is 0.116. The van der Waals surface area contributed by atoms with Crippen LogP contribution in [0.4, 0.5) is 11.4 Å². The number of nitrogens with zero attached hydrogens (tertiary/aromatic N) is 4. The predicted molar refractivity (Wildman–Crippen MR) is 91.1 cm³/mol. The number of hydrogen-bond acceptors (Lipinski definition) is 8. The van der Waals surface area contributed by atoms with Crippen LogP contribution in [0.2, 0.25) is 0 Å². The summed E-state index contributed by atoms with van der Waals surface area (Å²) in [6.45, 7) is 3.67. The topological polar surface area (TPSA) is 154 Å². The highest BCUT2D eigenvalue weighted by molar-refractivity contribution is 5.95. The van der Waals surface area contributed by atoms with Crippen LogP contribution in [0.5, 0.6) is 0 Å². The number of benzene rings is 1. The molecule has 1 aliphatic carbocycles. The summed E-state index contributed by atoms with van der Waals surface area (Å²) in [7, 11) is 0. The minimum Gasteiger partial charge on any atom is -0.340 e. The van der Waals surface area contributed by atoms with Crippen molar-refractivity contribution in [1.82, 2.24) is 15.5 Å². The van der Waals surface area contributed by atoms with Gasteiger partial charge in [-0.25, -0.2) is 0 Å². The van der Waals surface area contributed by atoms with E-state index in [2.05, 4.69) is 15.5 Å². The van der Waals surface area contributed by atoms with Gasteiger partial charge in [0.15, 0.2) is 5.82 Å². The molecule has 0 radical (unpaired) electrons. The summed E-state index contributed by atoms with van der Waals surface area (Å²) in [4.78, 5) is 37.3. The first-order chi connectivity index (χ1) is 12.8. The van der Waals surface area contributed by atoms with Crippen LogP contribution in [0, 0.1) is 26.1 Å². The average Bonchev–Trinajstić information content (AvgIpc) is 3.36. The second-order valence-corrected chi connectivity index (χ2v) is 6.71. The molecule has 2 aromatic rings. The van der Waals surface area contributed by atoms with Gasteiger partial charge < -0.3 is 9.84 Å². The summed E-state index contributed by atoms with van der Waals surface area (Å²) in [5, 5.41) is 28.6. The lowest BCUT2D eigenvalue weighted by Crippen LogP contribution is -2.32. The van der Waals surface area contributed by atoms with Crippen LogP contribution in [0.15, 0.2) is 22.7 Å². The highest BCUT2D eigenvalue weighted by Gasteiger charge is 2.32. The van der Waals surface area contributed by atoms with E-state index < -0.39 is 33.2 Å². The molecule has 11 nitrogen and oxygen atoms in total. The zero-order valence-corrected chi connectivity index (χ0v) is 14.6. The van der Waals surface area contributed by atoms with Crippen molar-refractivity contribution in [2.24, 2.45) is 5.92 Å². The van der Waals surface area contributed by atoms with Crippen molar-refractivity contribution in [3.05, 3.63) is 55.7 Å². The van der Waals surface area contributed by atoms with Gasteiger partial charge in [-0.05, 0) is 18.8 Å². The molecule has 11 heteroatoms. The lowest BCUT2D eigenvalue weighted by molar-refractivity contribution is -0.394. The van der Waals surface area contributed by atoms with Crippen LogP contribution in [-0.2, 0) is 0 Å². The van der Waals surface area contributed by atoms with E-state index in [1.807, 2.05) is 13.8 Å². The van der Waals surface area contributed by atoms with E-state index in [4.69, 9.17) is 4.52 Å². The van der Waals surface area contributed by atoms with Gasteiger partial charge in [0.2, 0.25) is 5.89 Å². The van der Waals surface area contributed by atoms with E-state index in [0.29, 0.717) is 5.82 Å². The van der Waals surface area contributed by atoms with Crippen LogP contribution in [0.25, 0.3) is 0 Å². The Morgan fingerprint density at radius 2 is 1.78 bits per heavy atom. The number of nitro benzene ring substituents is 2. The lowest BCUT2D eigenvalue weighted by atomic mass is 10.0. The molecular formula is C16H17N5O6. The molecule has 142 valence electrons. The van der Waals surface area contributed by atoms with Crippen molar-refractivity contribution in [2.75, 3.05) is 0 Å². The Morgan fingerprint density at radius 3 is 2.26 bits per heavy atom. The first kappa shape index (κ1) is 18.4. The first-order valence-corrected chi connectivity index (χ1v) is 8.34. The number of carbonyl (C=O) groups is 1. The zero-order chi connectivity index (χ0) is 19.7. The lowest BCUT2D eigenvalue weighted by Gasteiger charge is -2.18.